The molecule has 0 aromatic carbocycles. The highest BCUT2D eigenvalue weighted by atomic mass is 32.1. The van der Waals surface area contributed by atoms with Gasteiger partial charge in [-0.1, -0.05) is 0 Å². The van der Waals surface area contributed by atoms with E-state index in [9.17, 15) is 0 Å². The van der Waals surface area contributed by atoms with Crippen molar-refractivity contribution < 1.29 is 0 Å². The van der Waals surface area contributed by atoms with Crippen LogP contribution >= 0.6 is 11.3 Å². The third-order valence-electron chi connectivity index (χ3n) is 3.47. The van der Waals surface area contributed by atoms with Crippen LogP contribution in [0.1, 0.15) is 43.3 Å². The van der Waals surface area contributed by atoms with E-state index in [4.69, 9.17) is 5.10 Å². The van der Waals surface area contributed by atoms with E-state index in [1.165, 1.54) is 16.8 Å². The fourth-order valence-electron chi connectivity index (χ4n) is 2.37. The molecule has 1 N–H and O–H groups in total. The van der Waals surface area contributed by atoms with Crippen LogP contribution in [0.15, 0.2) is 16.8 Å². The Morgan fingerprint density at radius 1 is 1.30 bits per heavy atom. The summed E-state index contributed by atoms with van der Waals surface area (Å²) in [5.41, 5.74) is 5.35. The average molecular weight is 291 g/mol. The van der Waals surface area contributed by atoms with E-state index in [1.807, 2.05) is 0 Å². The minimum absolute atomic E-state index is 0.175. The minimum atomic E-state index is 0.175. The van der Waals surface area contributed by atoms with Gasteiger partial charge >= 0.3 is 0 Å². The highest BCUT2D eigenvalue weighted by Crippen LogP contribution is 2.16. The molecule has 2 aromatic rings. The molecule has 0 unspecified atom stereocenters. The van der Waals surface area contributed by atoms with Crippen LogP contribution in [0.5, 0.6) is 0 Å². The first-order chi connectivity index (χ1) is 9.37. The molecule has 2 rings (SSSR count). The van der Waals surface area contributed by atoms with E-state index in [0.29, 0.717) is 0 Å². The van der Waals surface area contributed by atoms with Crippen molar-refractivity contribution >= 4 is 11.3 Å². The first-order valence-electron chi connectivity index (χ1n) is 7.16. The van der Waals surface area contributed by atoms with Crippen LogP contribution in [-0.2, 0) is 13.0 Å². The summed E-state index contributed by atoms with van der Waals surface area (Å²) in [6, 6.07) is 2.17. The molecule has 20 heavy (non-hydrogen) atoms. The van der Waals surface area contributed by atoms with Gasteiger partial charge < -0.3 is 5.32 Å². The fraction of sp³-hybridized carbons (Fsp3) is 0.562. The molecule has 0 aliphatic rings. The molecular formula is C16H25N3S. The smallest absolute Gasteiger partial charge is 0.0670 e. The molecule has 0 radical (unpaired) electrons. The van der Waals surface area contributed by atoms with E-state index >= 15 is 0 Å². The maximum atomic E-state index is 4.69. The molecule has 110 valence electrons. The Hall–Kier alpha value is -1.13. The molecule has 0 aliphatic heterocycles. The Kier molecular flexibility index (Phi) is 4.66. The zero-order valence-electron chi connectivity index (χ0n) is 13.2. The largest absolute Gasteiger partial charge is 0.312 e. The summed E-state index contributed by atoms with van der Waals surface area (Å²) < 4.78 is 2.13. The third kappa shape index (κ3) is 3.93. The summed E-state index contributed by atoms with van der Waals surface area (Å²) in [5, 5.41) is 12.5. The molecule has 4 heteroatoms. The van der Waals surface area contributed by atoms with Gasteiger partial charge in [0.2, 0.25) is 0 Å². The zero-order valence-corrected chi connectivity index (χ0v) is 14.0. The van der Waals surface area contributed by atoms with Crippen LogP contribution in [0, 0.1) is 13.8 Å². The maximum Gasteiger partial charge on any atom is 0.0670 e. The van der Waals surface area contributed by atoms with E-state index < -0.39 is 0 Å². The predicted octanol–water partition coefficient (Wildman–Crippen LogP) is 3.54. The van der Waals surface area contributed by atoms with Gasteiger partial charge in [-0.25, -0.2) is 0 Å². The lowest BCUT2D eigenvalue weighted by Gasteiger charge is -2.20. The lowest BCUT2D eigenvalue weighted by atomic mass is 10.1. The number of hydrogen-bond acceptors (Lipinski definition) is 3. The van der Waals surface area contributed by atoms with Crippen molar-refractivity contribution in [1.82, 2.24) is 15.1 Å². The molecule has 0 aliphatic carbocycles. The molecular weight excluding hydrogens is 266 g/mol. The van der Waals surface area contributed by atoms with Gasteiger partial charge in [0.25, 0.3) is 0 Å². The van der Waals surface area contributed by atoms with Crippen molar-refractivity contribution in [1.29, 1.82) is 0 Å². The first-order valence-corrected chi connectivity index (χ1v) is 8.10. The summed E-state index contributed by atoms with van der Waals surface area (Å²) in [7, 11) is 0. The third-order valence-corrected chi connectivity index (χ3v) is 4.21. The van der Waals surface area contributed by atoms with E-state index in [1.54, 1.807) is 11.3 Å². The number of aromatic nitrogens is 2. The van der Waals surface area contributed by atoms with Crippen molar-refractivity contribution in [2.24, 2.45) is 0 Å². The molecule has 0 amide bonds. The average Bonchev–Trinajstić information content (AvgIpc) is 2.92. The van der Waals surface area contributed by atoms with Crippen LogP contribution in [-0.4, -0.2) is 21.9 Å². The Bertz CT molecular complexity index is 547. The van der Waals surface area contributed by atoms with E-state index in [-0.39, 0.29) is 5.54 Å². The van der Waals surface area contributed by atoms with E-state index in [2.05, 4.69) is 61.4 Å². The van der Waals surface area contributed by atoms with Gasteiger partial charge in [0.1, 0.15) is 0 Å². The van der Waals surface area contributed by atoms with Crippen molar-refractivity contribution in [3.05, 3.63) is 39.3 Å². The molecule has 2 heterocycles. The predicted molar refractivity (Wildman–Crippen MR) is 86.6 cm³/mol. The van der Waals surface area contributed by atoms with Gasteiger partial charge in [0, 0.05) is 11.2 Å². The Balaban J connectivity index is 2.05. The summed E-state index contributed by atoms with van der Waals surface area (Å²) >= 11 is 1.74. The number of thiophene rings is 1. The second kappa shape index (κ2) is 6.10. The molecule has 3 nitrogen and oxygen atoms in total. The van der Waals surface area contributed by atoms with Crippen LogP contribution in [0.3, 0.4) is 0 Å². The quantitative estimate of drug-likeness (QED) is 0.913. The lowest BCUT2D eigenvalue weighted by molar-refractivity contribution is 0.429. The maximum absolute atomic E-state index is 4.69. The molecule has 2 aromatic heterocycles. The highest BCUT2D eigenvalue weighted by molar-refractivity contribution is 7.07. The number of hydrogen-bond donors (Lipinski definition) is 1. The topological polar surface area (TPSA) is 29.9 Å². The molecule has 0 fully saturated rings. The summed E-state index contributed by atoms with van der Waals surface area (Å²) in [5.74, 6) is 0. The van der Waals surface area contributed by atoms with Crippen LogP contribution in [0.25, 0.3) is 0 Å². The molecule has 0 bridgehead atoms. The molecule has 0 atom stereocenters. The van der Waals surface area contributed by atoms with Gasteiger partial charge in [0.05, 0.1) is 12.2 Å². The van der Waals surface area contributed by atoms with Gasteiger partial charge in [-0.15, -0.1) is 0 Å². The van der Waals surface area contributed by atoms with Gasteiger partial charge in [-0.05, 0) is 75.5 Å². The van der Waals surface area contributed by atoms with Crippen LogP contribution in [0.2, 0.25) is 0 Å². The second-order valence-corrected chi connectivity index (χ2v) is 7.15. The van der Waals surface area contributed by atoms with Crippen molar-refractivity contribution in [3.8, 4) is 0 Å². The molecule has 0 spiro atoms. The SMILES string of the molecule is Cc1nn(Cc2ccsc2)c(C)c1CCNC(C)(C)C. The summed E-state index contributed by atoms with van der Waals surface area (Å²) in [4.78, 5) is 0. The summed E-state index contributed by atoms with van der Waals surface area (Å²) in [6.45, 7) is 12.8. The van der Waals surface area contributed by atoms with Gasteiger partial charge in [-0.3, -0.25) is 4.68 Å². The number of aryl methyl sites for hydroxylation is 1. The molecule has 0 saturated carbocycles. The lowest BCUT2D eigenvalue weighted by Crippen LogP contribution is -2.37. The Morgan fingerprint density at radius 3 is 2.65 bits per heavy atom. The van der Waals surface area contributed by atoms with E-state index in [0.717, 1.165) is 25.2 Å². The van der Waals surface area contributed by atoms with Gasteiger partial charge in [-0.2, -0.15) is 16.4 Å². The highest BCUT2D eigenvalue weighted by Gasteiger charge is 2.13. The van der Waals surface area contributed by atoms with Gasteiger partial charge in [0.15, 0.2) is 0 Å². The van der Waals surface area contributed by atoms with Crippen LogP contribution in [0.4, 0.5) is 0 Å². The van der Waals surface area contributed by atoms with Crippen molar-refractivity contribution in [2.75, 3.05) is 6.54 Å². The number of nitrogens with zero attached hydrogens (tertiary/aromatic N) is 2. The Labute approximate surface area is 126 Å². The summed E-state index contributed by atoms with van der Waals surface area (Å²) in [6.07, 6.45) is 1.04. The minimum Gasteiger partial charge on any atom is -0.312 e. The van der Waals surface area contributed by atoms with Crippen molar-refractivity contribution in [2.45, 2.75) is 53.1 Å². The number of nitrogens with one attached hydrogen (secondary N) is 1. The first kappa shape index (κ1) is 15.3. The zero-order chi connectivity index (χ0) is 14.8. The number of rotatable bonds is 5. The fourth-order valence-corrected chi connectivity index (χ4v) is 3.03. The van der Waals surface area contributed by atoms with Crippen LogP contribution < -0.4 is 5.32 Å². The second-order valence-electron chi connectivity index (χ2n) is 6.37. The monoisotopic (exact) mass is 291 g/mol. The van der Waals surface area contributed by atoms with Crippen molar-refractivity contribution in [3.63, 3.8) is 0 Å². The molecule has 0 saturated heterocycles. The standard InChI is InChI=1S/C16H25N3S/c1-12-15(6-8-17-16(3,4)5)13(2)19(18-12)10-14-7-9-20-11-14/h7,9,11,17H,6,8,10H2,1-5H3. The Morgan fingerprint density at radius 2 is 2.05 bits per heavy atom. The normalized spacial score (nSPS) is 12.1.